The summed E-state index contributed by atoms with van der Waals surface area (Å²) < 4.78 is 0. The molecule has 0 spiro atoms. The maximum absolute atomic E-state index is 12.4. The minimum absolute atomic E-state index is 0.0251. The second-order valence-electron chi connectivity index (χ2n) is 6.08. The molecular weight excluding hydrogens is 290 g/mol. The van der Waals surface area contributed by atoms with Gasteiger partial charge in [-0.2, -0.15) is 0 Å². The summed E-state index contributed by atoms with van der Waals surface area (Å²) in [6.07, 6.45) is 0.873. The topological polar surface area (TPSA) is 43.9 Å². The number of nitrogens with zero attached hydrogens (tertiary/aromatic N) is 3. The van der Waals surface area contributed by atoms with Gasteiger partial charge >= 0.3 is 0 Å². The van der Waals surface area contributed by atoms with Crippen LogP contribution in [-0.4, -0.2) is 65.8 Å². The molecule has 0 N–H and O–H groups in total. The third kappa shape index (κ3) is 5.36. The standard InChI is InChI=1S/C18H27N3O2/c1-3-9-21(16(2)22)15-18(23)20-12-10-19(11-13-20)14-17-7-5-4-6-8-17/h4-8H,3,9-15H2,1-2H3. The summed E-state index contributed by atoms with van der Waals surface area (Å²) in [5.74, 6) is 0.0379. The molecule has 1 fully saturated rings. The monoisotopic (exact) mass is 317 g/mol. The molecule has 0 radical (unpaired) electrons. The van der Waals surface area contributed by atoms with Gasteiger partial charge in [-0.05, 0) is 12.0 Å². The van der Waals surface area contributed by atoms with E-state index in [-0.39, 0.29) is 18.4 Å². The summed E-state index contributed by atoms with van der Waals surface area (Å²) in [6, 6.07) is 10.4. The van der Waals surface area contributed by atoms with Crippen LogP contribution in [0.1, 0.15) is 25.8 Å². The van der Waals surface area contributed by atoms with Crippen molar-refractivity contribution >= 4 is 11.8 Å². The maximum atomic E-state index is 12.4. The Morgan fingerprint density at radius 1 is 1.09 bits per heavy atom. The van der Waals surface area contributed by atoms with Crippen LogP contribution in [0.5, 0.6) is 0 Å². The largest absolute Gasteiger partial charge is 0.339 e. The molecule has 2 rings (SSSR count). The van der Waals surface area contributed by atoms with Crippen LogP contribution in [-0.2, 0) is 16.1 Å². The fourth-order valence-electron chi connectivity index (χ4n) is 2.88. The zero-order valence-electron chi connectivity index (χ0n) is 14.2. The van der Waals surface area contributed by atoms with Crippen molar-refractivity contribution in [1.82, 2.24) is 14.7 Å². The summed E-state index contributed by atoms with van der Waals surface area (Å²) in [6.45, 7) is 8.58. The molecule has 1 heterocycles. The summed E-state index contributed by atoms with van der Waals surface area (Å²) in [7, 11) is 0. The predicted octanol–water partition coefficient (Wildman–Crippen LogP) is 1.59. The quantitative estimate of drug-likeness (QED) is 0.800. The van der Waals surface area contributed by atoms with E-state index in [0.717, 1.165) is 39.1 Å². The minimum Gasteiger partial charge on any atom is -0.339 e. The number of amides is 2. The van der Waals surface area contributed by atoms with Gasteiger partial charge in [0.05, 0.1) is 6.54 Å². The van der Waals surface area contributed by atoms with Crippen LogP contribution in [0.15, 0.2) is 30.3 Å². The third-order valence-corrected chi connectivity index (χ3v) is 4.24. The lowest BCUT2D eigenvalue weighted by Crippen LogP contribution is -2.51. The first kappa shape index (κ1) is 17.5. The molecule has 1 aliphatic heterocycles. The molecule has 0 atom stereocenters. The molecule has 1 aliphatic rings. The van der Waals surface area contributed by atoms with E-state index in [1.807, 2.05) is 17.9 Å². The highest BCUT2D eigenvalue weighted by Crippen LogP contribution is 2.09. The van der Waals surface area contributed by atoms with Gasteiger partial charge in [-0.1, -0.05) is 37.3 Å². The van der Waals surface area contributed by atoms with Crippen molar-refractivity contribution in [2.45, 2.75) is 26.8 Å². The Bertz CT molecular complexity index is 510. The second kappa shape index (κ2) is 8.67. The molecule has 0 bridgehead atoms. The van der Waals surface area contributed by atoms with Gasteiger partial charge < -0.3 is 9.80 Å². The van der Waals surface area contributed by atoms with E-state index in [4.69, 9.17) is 0 Å². The summed E-state index contributed by atoms with van der Waals surface area (Å²) >= 11 is 0. The fourth-order valence-corrected chi connectivity index (χ4v) is 2.88. The predicted molar refractivity (Wildman–Crippen MR) is 90.8 cm³/mol. The van der Waals surface area contributed by atoms with Crippen LogP contribution in [0.4, 0.5) is 0 Å². The number of carbonyl (C=O) groups is 2. The van der Waals surface area contributed by atoms with Crippen molar-refractivity contribution in [3.05, 3.63) is 35.9 Å². The number of rotatable bonds is 6. The number of benzene rings is 1. The minimum atomic E-state index is -0.0251. The molecule has 1 aromatic rings. The lowest BCUT2D eigenvalue weighted by Gasteiger charge is -2.35. The van der Waals surface area contributed by atoms with E-state index >= 15 is 0 Å². The van der Waals surface area contributed by atoms with Gasteiger partial charge in [-0.25, -0.2) is 0 Å². The maximum Gasteiger partial charge on any atom is 0.242 e. The first-order valence-corrected chi connectivity index (χ1v) is 8.39. The Morgan fingerprint density at radius 3 is 2.30 bits per heavy atom. The lowest BCUT2D eigenvalue weighted by atomic mass is 10.2. The van der Waals surface area contributed by atoms with Crippen LogP contribution in [0, 0.1) is 0 Å². The Morgan fingerprint density at radius 2 is 1.74 bits per heavy atom. The normalized spacial score (nSPS) is 15.5. The molecule has 2 amide bonds. The Labute approximate surface area is 138 Å². The van der Waals surface area contributed by atoms with Gasteiger partial charge in [0, 0.05) is 46.2 Å². The molecule has 23 heavy (non-hydrogen) atoms. The molecule has 0 unspecified atom stereocenters. The van der Waals surface area contributed by atoms with Crippen molar-refractivity contribution in [1.29, 1.82) is 0 Å². The molecule has 126 valence electrons. The molecule has 0 aliphatic carbocycles. The third-order valence-electron chi connectivity index (χ3n) is 4.24. The van der Waals surface area contributed by atoms with Gasteiger partial charge in [0.15, 0.2) is 0 Å². The van der Waals surface area contributed by atoms with Crippen molar-refractivity contribution in [3.63, 3.8) is 0 Å². The first-order valence-electron chi connectivity index (χ1n) is 8.39. The van der Waals surface area contributed by atoms with Gasteiger partial charge in [0.2, 0.25) is 11.8 Å². The van der Waals surface area contributed by atoms with E-state index in [0.29, 0.717) is 6.54 Å². The number of hydrogen-bond acceptors (Lipinski definition) is 3. The van der Waals surface area contributed by atoms with E-state index in [1.165, 1.54) is 12.5 Å². The van der Waals surface area contributed by atoms with Gasteiger partial charge in [0.1, 0.15) is 0 Å². The van der Waals surface area contributed by atoms with Gasteiger partial charge in [0.25, 0.3) is 0 Å². The van der Waals surface area contributed by atoms with Crippen LogP contribution >= 0.6 is 0 Å². The van der Waals surface area contributed by atoms with E-state index in [1.54, 1.807) is 4.90 Å². The molecule has 5 heteroatoms. The first-order chi connectivity index (χ1) is 11.1. The Hall–Kier alpha value is -1.88. The van der Waals surface area contributed by atoms with Crippen LogP contribution in [0.2, 0.25) is 0 Å². The average Bonchev–Trinajstić information content (AvgIpc) is 2.56. The van der Waals surface area contributed by atoms with Crippen LogP contribution in [0.25, 0.3) is 0 Å². The summed E-state index contributed by atoms with van der Waals surface area (Å²) in [4.78, 5) is 29.8. The zero-order valence-corrected chi connectivity index (χ0v) is 14.2. The molecule has 0 saturated carbocycles. The highest BCUT2D eigenvalue weighted by atomic mass is 16.2. The number of hydrogen-bond donors (Lipinski definition) is 0. The summed E-state index contributed by atoms with van der Waals surface area (Å²) in [5, 5.41) is 0. The Kier molecular flexibility index (Phi) is 6.59. The van der Waals surface area contributed by atoms with E-state index < -0.39 is 0 Å². The van der Waals surface area contributed by atoms with E-state index in [9.17, 15) is 9.59 Å². The Balaban J connectivity index is 1.79. The van der Waals surface area contributed by atoms with Gasteiger partial charge in [-0.3, -0.25) is 14.5 Å². The smallest absolute Gasteiger partial charge is 0.242 e. The lowest BCUT2D eigenvalue weighted by molar-refractivity contribution is -0.140. The highest BCUT2D eigenvalue weighted by Gasteiger charge is 2.23. The SMILES string of the molecule is CCCN(CC(=O)N1CCN(Cc2ccccc2)CC1)C(C)=O. The number of carbonyl (C=O) groups excluding carboxylic acids is 2. The fraction of sp³-hybridized carbons (Fsp3) is 0.556. The highest BCUT2D eigenvalue weighted by molar-refractivity contribution is 5.83. The van der Waals surface area contributed by atoms with E-state index in [2.05, 4.69) is 29.2 Å². The molecule has 1 aromatic carbocycles. The van der Waals surface area contributed by atoms with Crippen molar-refractivity contribution in [3.8, 4) is 0 Å². The van der Waals surface area contributed by atoms with Gasteiger partial charge in [-0.15, -0.1) is 0 Å². The zero-order chi connectivity index (χ0) is 16.7. The molecule has 0 aromatic heterocycles. The second-order valence-corrected chi connectivity index (χ2v) is 6.08. The van der Waals surface area contributed by atoms with Crippen molar-refractivity contribution < 1.29 is 9.59 Å². The van der Waals surface area contributed by atoms with Crippen molar-refractivity contribution in [2.24, 2.45) is 0 Å². The molecule has 5 nitrogen and oxygen atoms in total. The van der Waals surface area contributed by atoms with Crippen LogP contribution < -0.4 is 0 Å². The van der Waals surface area contributed by atoms with Crippen LogP contribution in [0.3, 0.4) is 0 Å². The van der Waals surface area contributed by atoms with Crippen molar-refractivity contribution in [2.75, 3.05) is 39.3 Å². The number of piperazine rings is 1. The summed E-state index contributed by atoms with van der Waals surface area (Å²) in [5.41, 5.74) is 1.30. The average molecular weight is 317 g/mol. The molecular formula is C18H27N3O2. The molecule has 1 saturated heterocycles.